The number of fused-ring (bicyclic) bond motifs is 3. The predicted molar refractivity (Wildman–Crippen MR) is 93.2 cm³/mol. The van der Waals surface area contributed by atoms with E-state index in [9.17, 15) is 14.7 Å². The van der Waals surface area contributed by atoms with Gasteiger partial charge in [-0.3, -0.25) is 9.59 Å². The molecule has 1 spiro atoms. The first-order valence-corrected chi connectivity index (χ1v) is 8.57. The zero-order valence-electron chi connectivity index (χ0n) is 14.9. The third kappa shape index (κ3) is 2.17. The van der Waals surface area contributed by atoms with Crippen LogP contribution in [0.5, 0.6) is 0 Å². The zero-order chi connectivity index (χ0) is 18.7. The average Bonchev–Trinajstić information content (AvgIpc) is 3.05. The molecule has 0 amide bonds. The number of hydrogen-bond acceptors (Lipinski definition) is 5. The fraction of sp³-hybridized carbons (Fsp3) is 0.333. The molecule has 2 aliphatic rings. The second-order valence-electron chi connectivity index (χ2n) is 7.75. The first-order chi connectivity index (χ1) is 12.3. The van der Waals surface area contributed by atoms with Gasteiger partial charge in [0.05, 0.1) is 5.41 Å². The molecule has 2 aromatic rings. The van der Waals surface area contributed by atoms with Crippen LogP contribution in [0.15, 0.2) is 48.5 Å². The number of aliphatic hydroxyl groups excluding tert-OH is 1. The van der Waals surface area contributed by atoms with E-state index in [1.165, 1.54) is 0 Å². The third-order valence-electron chi connectivity index (χ3n) is 4.96. The molecule has 0 unspecified atom stereocenters. The van der Waals surface area contributed by atoms with E-state index < -0.39 is 29.4 Å². The summed E-state index contributed by atoms with van der Waals surface area (Å²) in [7, 11) is 0. The van der Waals surface area contributed by atoms with Crippen molar-refractivity contribution in [3.8, 4) is 0 Å². The highest BCUT2D eigenvalue weighted by Gasteiger charge is 2.61. The van der Waals surface area contributed by atoms with Gasteiger partial charge in [0, 0.05) is 16.7 Å². The van der Waals surface area contributed by atoms with Crippen LogP contribution in [0.25, 0.3) is 0 Å². The minimum absolute atomic E-state index is 0.317. The van der Waals surface area contributed by atoms with E-state index in [0.717, 1.165) is 0 Å². The number of esters is 1. The van der Waals surface area contributed by atoms with Gasteiger partial charge in [-0.25, -0.2) is 0 Å². The van der Waals surface area contributed by atoms with E-state index in [4.69, 9.17) is 9.47 Å². The number of benzene rings is 2. The van der Waals surface area contributed by atoms with Crippen LogP contribution >= 0.6 is 0 Å². The monoisotopic (exact) mass is 352 g/mol. The molecule has 1 heterocycles. The van der Waals surface area contributed by atoms with E-state index in [1.54, 1.807) is 69.3 Å². The van der Waals surface area contributed by atoms with Crippen LogP contribution in [0.1, 0.15) is 60.2 Å². The summed E-state index contributed by atoms with van der Waals surface area (Å²) < 4.78 is 11.6. The summed E-state index contributed by atoms with van der Waals surface area (Å²) in [6, 6.07) is 14.0. The van der Waals surface area contributed by atoms with E-state index >= 15 is 0 Å². The first-order valence-electron chi connectivity index (χ1n) is 8.57. The molecule has 26 heavy (non-hydrogen) atoms. The van der Waals surface area contributed by atoms with Crippen molar-refractivity contribution >= 4 is 11.8 Å². The minimum atomic E-state index is -1.58. The summed E-state index contributed by atoms with van der Waals surface area (Å²) in [5, 5.41) is 11.0. The molecule has 5 heteroatoms. The SMILES string of the molecule is CC(C)(C)C(=O)O[C@@H]1O[C@@]2(C(=O)c3ccccc3[C@@H]2O)c2ccccc21. The summed E-state index contributed by atoms with van der Waals surface area (Å²) in [4.78, 5) is 25.6. The Hall–Kier alpha value is -2.50. The molecule has 5 nitrogen and oxygen atoms in total. The Balaban J connectivity index is 1.81. The van der Waals surface area contributed by atoms with E-state index in [0.29, 0.717) is 22.3 Å². The molecule has 0 bridgehead atoms. The Kier molecular flexibility index (Phi) is 3.58. The molecule has 0 radical (unpaired) electrons. The van der Waals surface area contributed by atoms with Crippen molar-refractivity contribution in [3.05, 3.63) is 70.8 Å². The molecule has 0 saturated carbocycles. The molecule has 1 N–H and O–H groups in total. The van der Waals surface area contributed by atoms with E-state index in [-0.39, 0.29) is 5.78 Å². The van der Waals surface area contributed by atoms with Gasteiger partial charge in [-0.15, -0.1) is 0 Å². The van der Waals surface area contributed by atoms with Crippen molar-refractivity contribution in [2.45, 2.75) is 38.8 Å². The first kappa shape index (κ1) is 16.9. The standard InChI is InChI=1S/C21H20O5/c1-20(2,3)19(24)25-18-14-10-6-7-11-15(14)21(26-18)16(22)12-8-4-5-9-13(12)17(21)23/h4-11,16,18,22H,1-3H3/t16-,18+,21-/m0/s1. The van der Waals surface area contributed by atoms with Crippen molar-refractivity contribution in [2.75, 3.05) is 0 Å². The Morgan fingerprint density at radius 1 is 1.08 bits per heavy atom. The summed E-state index contributed by atoms with van der Waals surface area (Å²) in [6.45, 7) is 5.24. The number of Topliss-reactive ketones (excluding diaryl/α,β-unsaturated/α-hetero) is 1. The largest absolute Gasteiger partial charge is 0.431 e. The number of ether oxygens (including phenoxy) is 2. The van der Waals surface area contributed by atoms with Gasteiger partial charge in [-0.1, -0.05) is 48.5 Å². The molecule has 2 aromatic carbocycles. The number of hydrogen-bond donors (Lipinski definition) is 1. The number of aliphatic hydroxyl groups is 1. The number of ketones is 1. The minimum Gasteiger partial charge on any atom is -0.431 e. The number of carbonyl (C=O) groups is 2. The van der Waals surface area contributed by atoms with Gasteiger partial charge in [0.25, 0.3) is 0 Å². The van der Waals surface area contributed by atoms with Gasteiger partial charge < -0.3 is 14.6 Å². The van der Waals surface area contributed by atoms with Gasteiger partial charge in [-0.2, -0.15) is 0 Å². The maximum absolute atomic E-state index is 13.2. The van der Waals surface area contributed by atoms with E-state index in [2.05, 4.69) is 0 Å². The van der Waals surface area contributed by atoms with Crippen LogP contribution in [0.4, 0.5) is 0 Å². The van der Waals surface area contributed by atoms with Crippen molar-refractivity contribution in [1.29, 1.82) is 0 Å². The second-order valence-corrected chi connectivity index (χ2v) is 7.75. The lowest BCUT2D eigenvalue weighted by Gasteiger charge is -2.28. The Labute approximate surface area is 151 Å². The van der Waals surface area contributed by atoms with Crippen LogP contribution < -0.4 is 0 Å². The summed E-state index contributed by atoms with van der Waals surface area (Å²) in [6.07, 6.45) is -2.20. The average molecular weight is 352 g/mol. The van der Waals surface area contributed by atoms with Crippen LogP contribution in [0, 0.1) is 5.41 Å². The molecule has 4 rings (SSSR count). The van der Waals surface area contributed by atoms with Gasteiger partial charge in [-0.05, 0) is 26.3 Å². The lowest BCUT2D eigenvalue weighted by atomic mass is 9.87. The fourth-order valence-corrected chi connectivity index (χ4v) is 3.57. The Morgan fingerprint density at radius 2 is 1.69 bits per heavy atom. The summed E-state index contributed by atoms with van der Waals surface area (Å²) in [5.41, 5.74) is -0.211. The van der Waals surface area contributed by atoms with Crippen molar-refractivity contribution in [2.24, 2.45) is 5.41 Å². The molecule has 3 atom stereocenters. The second kappa shape index (κ2) is 5.50. The lowest BCUT2D eigenvalue weighted by molar-refractivity contribution is -0.218. The fourth-order valence-electron chi connectivity index (χ4n) is 3.57. The normalized spacial score (nSPS) is 26.7. The highest BCUT2D eigenvalue weighted by Crippen LogP contribution is 2.56. The lowest BCUT2D eigenvalue weighted by Crippen LogP contribution is -2.37. The highest BCUT2D eigenvalue weighted by atomic mass is 16.7. The van der Waals surface area contributed by atoms with Crippen LogP contribution in [-0.4, -0.2) is 16.9 Å². The number of rotatable bonds is 1. The van der Waals surface area contributed by atoms with Crippen molar-refractivity contribution in [3.63, 3.8) is 0 Å². The Bertz CT molecular complexity index is 911. The molecule has 0 aromatic heterocycles. The predicted octanol–water partition coefficient (Wildman–Crippen LogP) is 3.43. The molecule has 1 aliphatic carbocycles. The van der Waals surface area contributed by atoms with E-state index in [1.807, 2.05) is 0 Å². The van der Waals surface area contributed by atoms with Crippen LogP contribution in [0.2, 0.25) is 0 Å². The number of carbonyl (C=O) groups excluding carboxylic acids is 2. The maximum Gasteiger partial charge on any atom is 0.313 e. The van der Waals surface area contributed by atoms with Gasteiger partial charge >= 0.3 is 5.97 Å². The third-order valence-corrected chi connectivity index (χ3v) is 4.96. The van der Waals surface area contributed by atoms with Gasteiger partial charge in [0.1, 0.15) is 6.10 Å². The van der Waals surface area contributed by atoms with Crippen molar-refractivity contribution in [1.82, 2.24) is 0 Å². The quantitative estimate of drug-likeness (QED) is 0.796. The summed E-state index contributed by atoms with van der Waals surface area (Å²) >= 11 is 0. The van der Waals surface area contributed by atoms with Gasteiger partial charge in [0.2, 0.25) is 12.1 Å². The van der Waals surface area contributed by atoms with Crippen LogP contribution in [0.3, 0.4) is 0 Å². The highest BCUT2D eigenvalue weighted by molar-refractivity contribution is 6.08. The topological polar surface area (TPSA) is 72.8 Å². The molecule has 0 saturated heterocycles. The molecule has 0 fully saturated rings. The van der Waals surface area contributed by atoms with Crippen LogP contribution in [-0.2, 0) is 19.9 Å². The molecule has 1 aliphatic heterocycles. The van der Waals surface area contributed by atoms with Crippen molar-refractivity contribution < 1.29 is 24.2 Å². The molecule has 134 valence electrons. The molecular formula is C21H20O5. The zero-order valence-corrected chi connectivity index (χ0v) is 14.9. The summed E-state index contributed by atoms with van der Waals surface area (Å²) in [5.74, 6) is -0.755. The maximum atomic E-state index is 13.2. The van der Waals surface area contributed by atoms with Gasteiger partial charge in [0.15, 0.2) is 5.60 Å². The molecular weight excluding hydrogens is 332 g/mol. The smallest absolute Gasteiger partial charge is 0.313 e. The Morgan fingerprint density at radius 3 is 2.35 bits per heavy atom.